The third-order valence-corrected chi connectivity index (χ3v) is 7.90. The van der Waals surface area contributed by atoms with Gasteiger partial charge in [0.25, 0.3) is 5.91 Å². The fourth-order valence-corrected chi connectivity index (χ4v) is 6.04. The summed E-state index contributed by atoms with van der Waals surface area (Å²) in [5, 5.41) is 15.3. The number of piperidine rings is 1. The van der Waals surface area contributed by atoms with Crippen LogP contribution in [-0.4, -0.2) is 47.4 Å². The fraction of sp³-hybridized carbons (Fsp3) is 0.615. The van der Waals surface area contributed by atoms with Gasteiger partial charge in [0, 0.05) is 24.6 Å². The summed E-state index contributed by atoms with van der Waals surface area (Å²) >= 11 is 0. The van der Waals surface area contributed by atoms with E-state index in [9.17, 15) is 19.6 Å². The Labute approximate surface area is 200 Å². The van der Waals surface area contributed by atoms with E-state index in [4.69, 9.17) is 4.74 Å². The van der Waals surface area contributed by atoms with Crippen LogP contribution in [0.15, 0.2) is 18.2 Å². The maximum absolute atomic E-state index is 12.9. The molecule has 0 radical (unpaired) electrons. The Morgan fingerprint density at radius 2 is 2.00 bits per heavy atom. The molecule has 8 nitrogen and oxygen atoms in total. The average molecular weight is 465 g/mol. The first-order valence-corrected chi connectivity index (χ1v) is 12.4. The van der Waals surface area contributed by atoms with E-state index in [-0.39, 0.29) is 35.8 Å². The third kappa shape index (κ3) is 4.41. The van der Waals surface area contributed by atoms with Crippen molar-refractivity contribution >= 4 is 17.7 Å². The molecule has 34 heavy (non-hydrogen) atoms. The van der Waals surface area contributed by atoms with Gasteiger partial charge in [-0.3, -0.25) is 19.7 Å². The number of nitrogens with zero attached hydrogens (tertiary/aromatic N) is 2. The van der Waals surface area contributed by atoms with Crippen LogP contribution in [-0.2, 0) is 16.1 Å². The van der Waals surface area contributed by atoms with E-state index in [1.54, 1.807) is 11.0 Å². The quantitative estimate of drug-likeness (QED) is 0.626. The van der Waals surface area contributed by atoms with Gasteiger partial charge in [0.05, 0.1) is 11.5 Å². The van der Waals surface area contributed by atoms with Crippen LogP contribution in [0.25, 0.3) is 0 Å². The zero-order valence-corrected chi connectivity index (χ0v) is 19.6. The van der Waals surface area contributed by atoms with Crippen LogP contribution in [0.2, 0.25) is 0 Å². The molecule has 3 amide bonds. The number of nitrogens with one attached hydrogen (secondary N) is 2. The molecule has 5 rings (SSSR count). The number of carbonyl (C=O) groups excluding carboxylic acids is 3. The molecule has 2 N–H and O–H groups in total. The van der Waals surface area contributed by atoms with Gasteiger partial charge in [-0.2, -0.15) is 5.26 Å². The Bertz CT molecular complexity index is 1040. The smallest absolute Gasteiger partial charge is 0.255 e. The van der Waals surface area contributed by atoms with Crippen molar-refractivity contribution in [2.75, 3.05) is 6.54 Å². The zero-order valence-electron chi connectivity index (χ0n) is 19.6. The van der Waals surface area contributed by atoms with Gasteiger partial charge in [-0.25, -0.2) is 0 Å². The molecule has 1 saturated heterocycles. The first kappa shape index (κ1) is 22.9. The number of nitriles is 1. The van der Waals surface area contributed by atoms with Crippen LogP contribution in [0.3, 0.4) is 0 Å². The molecule has 8 heteroatoms. The highest BCUT2D eigenvalue weighted by Crippen LogP contribution is 2.44. The minimum Gasteiger partial charge on any atom is -0.489 e. The Morgan fingerprint density at radius 1 is 1.21 bits per heavy atom. The maximum Gasteiger partial charge on any atom is 0.255 e. The average Bonchev–Trinajstić information content (AvgIpc) is 3.12. The zero-order chi connectivity index (χ0) is 23.9. The molecule has 1 aromatic carbocycles. The molecule has 2 saturated carbocycles. The van der Waals surface area contributed by atoms with Gasteiger partial charge >= 0.3 is 0 Å². The number of benzene rings is 1. The Morgan fingerprint density at radius 3 is 2.76 bits per heavy atom. The molecule has 0 aromatic heterocycles. The molecule has 2 aliphatic heterocycles. The fourth-order valence-electron chi connectivity index (χ4n) is 6.04. The first-order chi connectivity index (χ1) is 16.3. The molecule has 3 atom stereocenters. The van der Waals surface area contributed by atoms with Crippen molar-refractivity contribution in [1.82, 2.24) is 15.5 Å². The SMILES string of the molecule is CC1(C#N)CC(CN[C@@H]2CCCC[C@H]2Oc2ccc3c(c2)CN([C@H]2CCC(=O)NC2=O)C3=O)C1. The summed E-state index contributed by atoms with van der Waals surface area (Å²) < 4.78 is 6.42. The molecule has 0 spiro atoms. The normalized spacial score (nSPS) is 33.1. The number of imide groups is 1. The topological polar surface area (TPSA) is 112 Å². The molecular formula is C26H32N4O4. The molecular weight excluding hydrogens is 432 g/mol. The summed E-state index contributed by atoms with van der Waals surface area (Å²) in [4.78, 5) is 38.2. The van der Waals surface area contributed by atoms with Crippen molar-refractivity contribution in [3.63, 3.8) is 0 Å². The maximum atomic E-state index is 12.9. The Balaban J connectivity index is 1.21. The molecule has 4 aliphatic rings. The molecule has 180 valence electrons. The summed E-state index contributed by atoms with van der Waals surface area (Å²) in [7, 11) is 0. The highest BCUT2D eigenvalue weighted by atomic mass is 16.5. The van der Waals surface area contributed by atoms with Crippen molar-refractivity contribution in [2.24, 2.45) is 11.3 Å². The number of ether oxygens (including phenoxy) is 1. The highest BCUT2D eigenvalue weighted by molar-refractivity contribution is 6.05. The standard InChI is InChI=1S/C26H32N4O4/c1-26(15-27)11-16(12-26)13-28-20-4-2-3-5-22(20)34-18-6-7-19-17(10-18)14-30(25(19)33)21-8-9-23(31)29-24(21)32/h6-7,10,16,20-22,28H,2-5,8-9,11-14H2,1H3,(H,29,31,32)/t16?,20-,21+,22-,26?/m1/s1. The van der Waals surface area contributed by atoms with Crippen molar-refractivity contribution in [3.05, 3.63) is 29.3 Å². The molecule has 3 fully saturated rings. The number of hydrogen-bond donors (Lipinski definition) is 2. The minimum atomic E-state index is -0.608. The van der Waals surface area contributed by atoms with Gasteiger partial charge in [-0.05, 0) is 81.7 Å². The molecule has 1 aromatic rings. The molecule has 2 aliphatic carbocycles. The first-order valence-electron chi connectivity index (χ1n) is 12.4. The van der Waals surface area contributed by atoms with E-state index in [1.807, 2.05) is 19.1 Å². The lowest BCUT2D eigenvalue weighted by molar-refractivity contribution is -0.136. The summed E-state index contributed by atoms with van der Waals surface area (Å²) in [5.41, 5.74) is 1.30. The predicted octanol–water partition coefficient (Wildman–Crippen LogP) is 2.67. The van der Waals surface area contributed by atoms with Gasteiger partial charge in [-0.15, -0.1) is 0 Å². The second-order valence-electron chi connectivity index (χ2n) is 10.6. The summed E-state index contributed by atoms with van der Waals surface area (Å²) in [5.74, 6) is 0.449. The highest BCUT2D eigenvalue weighted by Gasteiger charge is 2.41. The lowest BCUT2D eigenvalue weighted by atomic mass is 9.64. The van der Waals surface area contributed by atoms with Gasteiger partial charge in [0.15, 0.2) is 0 Å². The van der Waals surface area contributed by atoms with Crippen LogP contribution in [0.5, 0.6) is 5.75 Å². The number of rotatable bonds is 6. The second kappa shape index (κ2) is 9.03. The second-order valence-corrected chi connectivity index (χ2v) is 10.6. The minimum absolute atomic E-state index is 0.0672. The van der Waals surface area contributed by atoms with Crippen molar-refractivity contribution in [3.8, 4) is 11.8 Å². The monoisotopic (exact) mass is 464 g/mol. The van der Waals surface area contributed by atoms with Crippen LogP contribution in [0.1, 0.15) is 74.2 Å². The number of hydrogen-bond acceptors (Lipinski definition) is 6. The van der Waals surface area contributed by atoms with Crippen LogP contribution in [0, 0.1) is 22.7 Å². The van der Waals surface area contributed by atoms with Crippen LogP contribution in [0.4, 0.5) is 0 Å². The van der Waals surface area contributed by atoms with E-state index >= 15 is 0 Å². The third-order valence-electron chi connectivity index (χ3n) is 7.90. The van der Waals surface area contributed by atoms with Crippen LogP contribution >= 0.6 is 0 Å². The molecule has 0 unspecified atom stereocenters. The van der Waals surface area contributed by atoms with Gasteiger partial charge in [0.2, 0.25) is 11.8 Å². The molecule has 2 heterocycles. The van der Waals surface area contributed by atoms with Crippen LogP contribution < -0.4 is 15.4 Å². The Hall–Kier alpha value is -2.92. The largest absolute Gasteiger partial charge is 0.489 e. The van der Waals surface area contributed by atoms with Gasteiger partial charge in [0.1, 0.15) is 17.9 Å². The summed E-state index contributed by atoms with van der Waals surface area (Å²) in [6, 6.07) is 7.66. The molecule has 0 bridgehead atoms. The van der Waals surface area contributed by atoms with Gasteiger partial charge in [-0.1, -0.05) is 6.42 Å². The van der Waals surface area contributed by atoms with E-state index in [0.717, 1.165) is 50.0 Å². The van der Waals surface area contributed by atoms with E-state index < -0.39 is 11.9 Å². The van der Waals surface area contributed by atoms with E-state index in [0.29, 0.717) is 24.4 Å². The van der Waals surface area contributed by atoms with Crippen molar-refractivity contribution in [1.29, 1.82) is 5.26 Å². The number of fused-ring (bicyclic) bond motifs is 1. The summed E-state index contributed by atoms with van der Waals surface area (Å²) in [6.45, 7) is 3.31. The summed E-state index contributed by atoms with van der Waals surface area (Å²) in [6.07, 6.45) is 6.95. The van der Waals surface area contributed by atoms with E-state index in [2.05, 4.69) is 16.7 Å². The predicted molar refractivity (Wildman–Crippen MR) is 124 cm³/mol. The number of amides is 3. The number of carbonyl (C=O) groups is 3. The lowest BCUT2D eigenvalue weighted by Gasteiger charge is -2.41. The van der Waals surface area contributed by atoms with Gasteiger partial charge < -0.3 is 15.0 Å². The van der Waals surface area contributed by atoms with Crippen molar-refractivity contribution < 1.29 is 19.1 Å². The van der Waals surface area contributed by atoms with Crippen molar-refractivity contribution in [2.45, 2.75) is 83.0 Å². The van der Waals surface area contributed by atoms with E-state index in [1.165, 1.54) is 6.42 Å². The Kier molecular flexibility index (Phi) is 6.07. The lowest BCUT2D eigenvalue weighted by Crippen LogP contribution is -2.52.